The molecule has 0 fully saturated rings. The molecular weight excluding hydrogens is 200 g/mol. The molecular formula is C12H18N4. The fourth-order valence-electron chi connectivity index (χ4n) is 1.99. The van der Waals surface area contributed by atoms with Crippen LogP contribution in [0.1, 0.15) is 32.1 Å². The van der Waals surface area contributed by atoms with E-state index in [0.717, 1.165) is 23.4 Å². The Morgan fingerprint density at radius 2 is 2.19 bits per heavy atom. The summed E-state index contributed by atoms with van der Waals surface area (Å²) in [5.41, 5.74) is 7.97. The first kappa shape index (κ1) is 11.1. The molecule has 0 saturated heterocycles. The lowest BCUT2D eigenvalue weighted by Crippen LogP contribution is -2.17. The molecule has 2 rings (SSSR count). The molecule has 16 heavy (non-hydrogen) atoms. The van der Waals surface area contributed by atoms with Crippen LogP contribution >= 0.6 is 0 Å². The van der Waals surface area contributed by atoms with Gasteiger partial charge in [0.25, 0.3) is 0 Å². The third-order valence-electron chi connectivity index (χ3n) is 2.72. The van der Waals surface area contributed by atoms with Crippen LogP contribution in [0.2, 0.25) is 0 Å². The van der Waals surface area contributed by atoms with Crippen LogP contribution in [0.4, 0.5) is 0 Å². The molecule has 2 heterocycles. The van der Waals surface area contributed by atoms with Gasteiger partial charge in [-0.25, -0.2) is 9.97 Å². The second kappa shape index (κ2) is 4.22. The van der Waals surface area contributed by atoms with E-state index in [9.17, 15) is 0 Å². The fourth-order valence-corrected chi connectivity index (χ4v) is 1.99. The summed E-state index contributed by atoms with van der Waals surface area (Å²) in [5.74, 6) is 1.49. The number of hydrogen-bond donors (Lipinski definition) is 1. The first-order chi connectivity index (χ1) is 7.59. The van der Waals surface area contributed by atoms with Gasteiger partial charge >= 0.3 is 0 Å². The summed E-state index contributed by atoms with van der Waals surface area (Å²) in [6.07, 6.45) is 2.72. The van der Waals surface area contributed by atoms with Crippen molar-refractivity contribution in [1.82, 2.24) is 14.5 Å². The largest absolute Gasteiger partial charge is 0.321 e. The lowest BCUT2D eigenvalue weighted by atomic mass is 10.0. The Morgan fingerprint density at radius 3 is 2.81 bits per heavy atom. The highest BCUT2D eigenvalue weighted by atomic mass is 15.1. The van der Waals surface area contributed by atoms with Crippen LogP contribution in [0.15, 0.2) is 18.3 Å². The Morgan fingerprint density at radius 1 is 1.44 bits per heavy atom. The van der Waals surface area contributed by atoms with E-state index in [2.05, 4.69) is 23.8 Å². The zero-order valence-corrected chi connectivity index (χ0v) is 10.0. The molecule has 2 aromatic heterocycles. The SMILES string of the molecule is CC(C)CC(N)c1nc2cccnc2n1C. The zero-order valence-electron chi connectivity index (χ0n) is 10.0. The number of aromatic nitrogens is 3. The third kappa shape index (κ3) is 1.93. The molecule has 0 bridgehead atoms. The zero-order chi connectivity index (χ0) is 11.7. The Balaban J connectivity index is 2.41. The molecule has 86 valence electrons. The standard InChI is InChI=1S/C12H18N4/c1-8(2)7-9(13)11-15-10-5-4-6-14-12(10)16(11)3/h4-6,8-9H,7,13H2,1-3H3. The van der Waals surface area contributed by atoms with E-state index in [1.54, 1.807) is 6.20 Å². The van der Waals surface area contributed by atoms with Gasteiger partial charge in [-0.3, -0.25) is 0 Å². The molecule has 0 amide bonds. The highest BCUT2D eigenvalue weighted by molar-refractivity contribution is 5.71. The van der Waals surface area contributed by atoms with E-state index in [0.29, 0.717) is 5.92 Å². The van der Waals surface area contributed by atoms with Crippen molar-refractivity contribution < 1.29 is 0 Å². The van der Waals surface area contributed by atoms with Gasteiger partial charge in [0.1, 0.15) is 11.3 Å². The number of nitrogens with two attached hydrogens (primary N) is 1. The Bertz CT molecular complexity index is 487. The van der Waals surface area contributed by atoms with Gasteiger partial charge in [-0.05, 0) is 24.5 Å². The Labute approximate surface area is 95.5 Å². The maximum absolute atomic E-state index is 6.15. The maximum Gasteiger partial charge on any atom is 0.159 e. The second-order valence-corrected chi connectivity index (χ2v) is 4.61. The van der Waals surface area contributed by atoms with Crippen molar-refractivity contribution >= 4 is 11.2 Å². The molecule has 0 radical (unpaired) electrons. The van der Waals surface area contributed by atoms with Gasteiger partial charge in [-0.15, -0.1) is 0 Å². The topological polar surface area (TPSA) is 56.7 Å². The minimum Gasteiger partial charge on any atom is -0.321 e. The van der Waals surface area contributed by atoms with Gasteiger partial charge in [0.15, 0.2) is 5.65 Å². The number of nitrogens with zero attached hydrogens (tertiary/aromatic N) is 3. The van der Waals surface area contributed by atoms with Crippen LogP contribution in [0.5, 0.6) is 0 Å². The van der Waals surface area contributed by atoms with Crippen LogP contribution in [-0.2, 0) is 7.05 Å². The van der Waals surface area contributed by atoms with Crippen molar-refractivity contribution in [1.29, 1.82) is 0 Å². The highest BCUT2D eigenvalue weighted by Gasteiger charge is 2.16. The molecule has 4 nitrogen and oxygen atoms in total. The lowest BCUT2D eigenvalue weighted by Gasteiger charge is -2.13. The van der Waals surface area contributed by atoms with Crippen molar-refractivity contribution in [2.75, 3.05) is 0 Å². The summed E-state index contributed by atoms with van der Waals surface area (Å²) in [5, 5.41) is 0. The van der Waals surface area contributed by atoms with Crippen LogP contribution in [0.3, 0.4) is 0 Å². The van der Waals surface area contributed by atoms with Crippen LogP contribution in [0.25, 0.3) is 11.2 Å². The molecule has 0 aromatic carbocycles. The number of aryl methyl sites for hydroxylation is 1. The molecule has 0 saturated carbocycles. The minimum atomic E-state index is -0.0146. The molecule has 1 atom stereocenters. The predicted molar refractivity (Wildman–Crippen MR) is 64.9 cm³/mol. The molecule has 4 heteroatoms. The second-order valence-electron chi connectivity index (χ2n) is 4.61. The molecule has 0 aliphatic carbocycles. The molecule has 2 aromatic rings. The van der Waals surface area contributed by atoms with Gasteiger partial charge in [0.05, 0.1) is 6.04 Å². The van der Waals surface area contributed by atoms with Crippen LogP contribution in [0, 0.1) is 5.92 Å². The molecule has 0 aliphatic heterocycles. The normalized spacial score (nSPS) is 13.6. The van der Waals surface area contributed by atoms with Crippen molar-refractivity contribution in [3.63, 3.8) is 0 Å². The van der Waals surface area contributed by atoms with Gasteiger partial charge < -0.3 is 10.3 Å². The van der Waals surface area contributed by atoms with E-state index < -0.39 is 0 Å². The third-order valence-corrected chi connectivity index (χ3v) is 2.72. The quantitative estimate of drug-likeness (QED) is 0.857. The Hall–Kier alpha value is -1.42. The highest BCUT2D eigenvalue weighted by Crippen LogP contribution is 2.20. The van der Waals surface area contributed by atoms with Gasteiger partial charge in [-0.2, -0.15) is 0 Å². The van der Waals surface area contributed by atoms with Crippen LogP contribution < -0.4 is 5.73 Å². The van der Waals surface area contributed by atoms with Gasteiger partial charge in [0.2, 0.25) is 0 Å². The van der Waals surface area contributed by atoms with E-state index in [-0.39, 0.29) is 6.04 Å². The molecule has 0 aliphatic rings. The maximum atomic E-state index is 6.15. The van der Waals surface area contributed by atoms with Gasteiger partial charge in [0, 0.05) is 13.2 Å². The fraction of sp³-hybridized carbons (Fsp3) is 0.500. The van der Waals surface area contributed by atoms with Crippen molar-refractivity contribution in [3.05, 3.63) is 24.2 Å². The van der Waals surface area contributed by atoms with Crippen molar-refractivity contribution in [2.45, 2.75) is 26.3 Å². The van der Waals surface area contributed by atoms with E-state index in [1.807, 2.05) is 23.7 Å². The van der Waals surface area contributed by atoms with E-state index in [1.165, 1.54) is 0 Å². The van der Waals surface area contributed by atoms with E-state index >= 15 is 0 Å². The number of imidazole rings is 1. The predicted octanol–water partition coefficient (Wildman–Crippen LogP) is 2.01. The Kier molecular flexibility index (Phi) is 2.92. The number of hydrogen-bond acceptors (Lipinski definition) is 3. The average molecular weight is 218 g/mol. The lowest BCUT2D eigenvalue weighted by molar-refractivity contribution is 0.485. The summed E-state index contributed by atoms with van der Waals surface area (Å²) < 4.78 is 1.99. The summed E-state index contributed by atoms with van der Waals surface area (Å²) in [6, 6.07) is 3.85. The van der Waals surface area contributed by atoms with E-state index in [4.69, 9.17) is 5.73 Å². The van der Waals surface area contributed by atoms with Gasteiger partial charge in [-0.1, -0.05) is 13.8 Å². The monoisotopic (exact) mass is 218 g/mol. The smallest absolute Gasteiger partial charge is 0.159 e. The first-order valence-corrected chi connectivity index (χ1v) is 5.62. The summed E-state index contributed by atoms with van der Waals surface area (Å²) in [6.45, 7) is 4.33. The van der Waals surface area contributed by atoms with Crippen molar-refractivity contribution in [3.8, 4) is 0 Å². The average Bonchev–Trinajstić information content (AvgIpc) is 2.56. The molecule has 0 spiro atoms. The van der Waals surface area contributed by atoms with Crippen molar-refractivity contribution in [2.24, 2.45) is 18.7 Å². The molecule has 2 N–H and O–H groups in total. The number of pyridine rings is 1. The minimum absolute atomic E-state index is 0.0146. The number of rotatable bonds is 3. The van der Waals surface area contributed by atoms with Crippen LogP contribution in [-0.4, -0.2) is 14.5 Å². The number of fused-ring (bicyclic) bond motifs is 1. The summed E-state index contributed by atoms with van der Waals surface area (Å²) >= 11 is 0. The summed E-state index contributed by atoms with van der Waals surface area (Å²) in [7, 11) is 1.97. The summed E-state index contributed by atoms with van der Waals surface area (Å²) in [4.78, 5) is 8.85. The molecule has 1 unspecified atom stereocenters. The first-order valence-electron chi connectivity index (χ1n) is 5.62.